The summed E-state index contributed by atoms with van der Waals surface area (Å²) in [5.41, 5.74) is 3.43. The van der Waals surface area contributed by atoms with Crippen LogP contribution in [-0.2, 0) is 31.4 Å². The van der Waals surface area contributed by atoms with Crippen molar-refractivity contribution in [1.29, 1.82) is 0 Å². The van der Waals surface area contributed by atoms with Crippen molar-refractivity contribution in [3.8, 4) is 0 Å². The Morgan fingerprint density at radius 1 is 0.974 bits per heavy atom. The van der Waals surface area contributed by atoms with Gasteiger partial charge in [0.15, 0.2) is 5.11 Å². The number of sulfonamides is 1. The van der Waals surface area contributed by atoms with Crippen molar-refractivity contribution in [3.63, 3.8) is 0 Å². The minimum atomic E-state index is -3.32. The molecule has 0 aromatic heterocycles. The van der Waals surface area contributed by atoms with E-state index in [0.717, 1.165) is 18.2 Å². The summed E-state index contributed by atoms with van der Waals surface area (Å²) in [6, 6.07) is 15.6. The van der Waals surface area contributed by atoms with Crippen molar-refractivity contribution < 1.29 is 17.9 Å². The minimum absolute atomic E-state index is 0.0261. The Morgan fingerprint density at radius 3 is 2.05 bits per heavy atom. The molecule has 2 rings (SSSR count). The number of esters is 1. The predicted molar refractivity (Wildman–Crippen MR) is 160 cm³/mol. The lowest BCUT2D eigenvalue weighted by Crippen LogP contribution is -2.41. The van der Waals surface area contributed by atoms with Crippen LogP contribution in [0.5, 0.6) is 0 Å². The van der Waals surface area contributed by atoms with Crippen LogP contribution in [0.4, 0.5) is 5.69 Å². The number of ether oxygens (including phenoxy) is 1. The van der Waals surface area contributed by atoms with Crippen molar-refractivity contribution in [2.24, 2.45) is 11.3 Å². The third-order valence-corrected chi connectivity index (χ3v) is 6.89. The molecular formula is C29H43N3O4S2. The lowest BCUT2D eigenvalue weighted by atomic mass is 9.86. The monoisotopic (exact) mass is 561 g/mol. The van der Waals surface area contributed by atoms with E-state index >= 15 is 0 Å². The van der Waals surface area contributed by atoms with Gasteiger partial charge in [-0.05, 0) is 80.6 Å². The average molecular weight is 562 g/mol. The van der Waals surface area contributed by atoms with Crippen molar-refractivity contribution >= 4 is 39.0 Å². The van der Waals surface area contributed by atoms with E-state index in [-0.39, 0.29) is 30.0 Å². The molecule has 38 heavy (non-hydrogen) atoms. The second kappa shape index (κ2) is 12.9. The fourth-order valence-electron chi connectivity index (χ4n) is 3.70. The van der Waals surface area contributed by atoms with Gasteiger partial charge in [-0.2, -0.15) is 0 Å². The number of hydrogen-bond donors (Lipinski definition) is 3. The molecule has 0 spiro atoms. The molecule has 0 radical (unpaired) electrons. The number of carbonyl (C=O) groups excluding carboxylic acids is 1. The fourth-order valence-corrected chi connectivity index (χ4v) is 4.52. The molecule has 0 saturated carbocycles. The average Bonchev–Trinajstić information content (AvgIpc) is 2.79. The zero-order chi connectivity index (χ0) is 28.7. The molecule has 1 unspecified atom stereocenters. The number of anilines is 1. The Labute approximate surface area is 234 Å². The second-order valence-corrected chi connectivity index (χ2v) is 14.1. The molecule has 2 aromatic rings. The Morgan fingerprint density at radius 2 is 1.55 bits per heavy atom. The first-order valence-electron chi connectivity index (χ1n) is 12.8. The summed E-state index contributed by atoms with van der Waals surface area (Å²) in [4.78, 5) is 12.4. The maximum Gasteiger partial charge on any atom is 0.311 e. The third kappa shape index (κ3) is 11.0. The molecular weight excluding hydrogens is 518 g/mol. The molecule has 7 nitrogen and oxygen atoms in total. The van der Waals surface area contributed by atoms with Gasteiger partial charge in [0.2, 0.25) is 10.0 Å². The lowest BCUT2D eigenvalue weighted by Gasteiger charge is -2.24. The molecule has 2 atom stereocenters. The van der Waals surface area contributed by atoms with E-state index in [1.54, 1.807) is 12.1 Å². The summed E-state index contributed by atoms with van der Waals surface area (Å²) in [6.45, 7) is 14.9. The van der Waals surface area contributed by atoms with Crippen molar-refractivity contribution in [2.75, 3.05) is 24.1 Å². The molecule has 0 aliphatic carbocycles. The maximum absolute atomic E-state index is 12.4. The summed E-state index contributed by atoms with van der Waals surface area (Å²) in [7, 11) is -3.32. The first-order valence-corrected chi connectivity index (χ1v) is 15.1. The van der Waals surface area contributed by atoms with Gasteiger partial charge in [-0.15, -0.1) is 0 Å². The molecule has 0 heterocycles. The highest BCUT2D eigenvalue weighted by Gasteiger charge is 2.24. The van der Waals surface area contributed by atoms with E-state index in [9.17, 15) is 13.2 Å². The van der Waals surface area contributed by atoms with Crippen LogP contribution in [0, 0.1) is 11.3 Å². The zero-order valence-electron chi connectivity index (χ0n) is 23.8. The van der Waals surface area contributed by atoms with Gasteiger partial charge in [0.1, 0.15) is 0 Å². The smallest absolute Gasteiger partial charge is 0.311 e. The molecule has 0 aliphatic rings. The van der Waals surface area contributed by atoms with Gasteiger partial charge < -0.3 is 15.4 Å². The lowest BCUT2D eigenvalue weighted by molar-refractivity contribution is -0.154. The molecule has 0 fully saturated rings. The van der Waals surface area contributed by atoms with Crippen LogP contribution < -0.4 is 15.4 Å². The molecule has 9 heteroatoms. The highest BCUT2D eigenvalue weighted by molar-refractivity contribution is 7.92. The van der Waals surface area contributed by atoms with E-state index in [0.29, 0.717) is 17.3 Å². The van der Waals surface area contributed by atoms with Crippen LogP contribution in [0.3, 0.4) is 0 Å². The van der Waals surface area contributed by atoms with Crippen LogP contribution >= 0.6 is 12.2 Å². The molecule has 3 N–H and O–H groups in total. The predicted octanol–water partition coefficient (Wildman–Crippen LogP) is 5.33. The van der Waals surface area contributed by atoms with Gasteiger partial charge in [0, 0.05) is 18.2 Å². The van der Waals surface area contributed by atoms with Gasteiger partial charge in [0.25, 0.3) is 0 Å². The van der Waals surface area contributed by atoms with Crippen LogP contribution in [0.25, 0.3) is 0 Å². The van der Waals surface area contributed by atoms with E-state index in [1.807, 2.05) is 39.8 Å². The summed E-state index contributed by atoms with van der Waals surface area (Å²) in [5.74, 6) is -0.202. The van der Waals surface area contributed by atoms with E-state index < -0.39 is 15.4 Å². The topological polar surface area (TPSA) is 96.5 Å². The van der Waals surface area contributed by atoms with Gasteiger partial charge >= 0.3 is 5.97 Å². The zero-order valence-corrected chi connectivity index (χ0v) is 25.5. The quantitative estimate of drug-likeness (QED) is 0.267. The first-order chi connectivity index (χ1) is 17.4. The number of carbonyl (C=O) groups is 1. The number of nitrogens with one attached hydrogen (secondary N) is 3. The summed E-state index contributed by atoms with van der Waals surface area (Å²) in [6.07, 6.45) is 1.86. The summed E-state index contributed by atoms with van der Waals surface area (Å²) < 4.78 is 30.9. The van der Waals surface area contributed by atoms with Crippen molar-refractivity contribution in [2.45, 2.75) is 66.3 Å². The van der Waals surface area contributed by atoms with Gasteiger partial charge in [-0.25, -0.2) is 8.42 Å². The van der Waals surface area contributed by atoms with E-state index in [2.05, 4.69) is 60.4 Å². The Bertz CT molecular complexity index is 1180. The fraction of sp³-hybridized carbons (Fsp3) is 0.517. The molecule has 0 saturated heterocycles. The Hall–Kier alpha value is -2.65. The minimum Gasteiger partial charge on any atom is -0.465 e. The number of thiocarbonyl (C=S) groups is 1. The molecule has 2 aromatic carbocycles. The van der Waals surface area contributed by atoms with Crippen LogP contribution in [-0.4, -0.2) is 38.9 Å². The van der Waals surface area contributed by atoms with Crippen LogP contribution in [0.2, 0.25) is 0 Å². The Balaban J connectivity index is 2.01. The van der Waals surface area contributed by atoms with Crippen LogP contribution in [0.15, 0.2) is 48.5 Å². The number of rotatable bonds is 10. The normalized spacial score (nSPS) is 13.8. The van der Waals surface area contributed by atoms with Gasteiger partial charge in [0.05, 0.1) is 24.3 Å². The first kappa shape index (κ1) is 31.6. The van der Waals surface area contributed by atoms with Crippen LogP contribution in [0.1, 0.15) is 71.2 Å². The Kier molecular flexibility index (Phi) is 10.7. The molecule has 0 amide bonds. The number of hydrogen-bond acceptors (Lipinski definition) is 5. The third-order valence-electron chi connectivity index (χ3n) is 6.02. The van der Waals surface area contributed by atoms with Gasteiger partial charge in [-0.3, -0.25) is 9.52 Å². The van der Waals surface area contributed by atoms with E-state index in [1.165, 1.54) is 11.1 Å². The molecule has 0 bridgehead atoms. The maximum atomic E-state index is 12.4. The SMILES string of the molecule is C[C@@H](NC(=S)NCC(COC(=O)C(C)(C)C)Cc1ccc(C(C)(C)C)cc1)c1ccc(NS(C)(=O)=O)cc1. The standard InChI is InChI=1S/C29H43N3O4S2/c1-20(23-11-15-25(16-12-23)32-38(8,34)35)31-27(37)30-18-22(19-36-26(33)29(5,6)7)17-21-9-13-24(14-10-21)28(2,3)4/h9-16,20,22,32H,17-19H2,1-8H3,(H2,30,31,37)/t20-,22?/m1/s1. The second-order valence-electron chi connectivity index (χ2n) is 11.9. The molecule has 0 aliphatic heterocycles. The summed E-state index contributed by atoms with van der Waals surface area (Å²) in [5, 5.41) is 7.04. The largest absolute Gasteiger partial charge is 0.465 e. The van der Waals surface area contributed by atoms with E-state index in [4.69, 9.17) is 17.0 Å². The highest BCUT2D eigenvalue weighted by atomic mass is 32.2. The van der Waals surface area contributed by atoms with Crippen molar-refractivity contribution in [3.05, 3.63) is 65.2 Å². The van der Waals surface area contributed by atoms with Crippen molar-refractivity contribution in [1.82, 2.24) is 10.6 Å². The number of benzene rings is 2. The highest BCUT2D eigenvalue weighted by Crippen LogP contribution is 2.23. The summed E-state index contributed by atoms with van der Waals surface area (Å²) >= 11 is 5.54. The van der Waals surface area contributed by atoms with Gasteiger partial charge in [-0.1, -0.05) is 57.2 Å². The molecule has 210 valence electrons.